The Labute approximate surface area is 129 Å². The van der Waals surface area contributed by atoms with Gasteiger partial charge in [-0.2, -0.15) is 4.98 Å². The third-order valence-corrected chi connectivity index (χ3v) is 3.14. The van der Waals surface area contributed by atoms with Gasteiger partial charge in [0.05, 0.1) is 10.5 Å². The number of nitro groups is 1. The number of carboxylic acids is 1. The molecule has 0 amide bonds. The molecule has 0 bridgehead atoms. The summed E-state index contributed by atoms with van der Waals surface area (Å²) < 4.78 is 5.14. The van der Waals surface area contributed by atoms with Gasteiger partial charge in [0.15, 0.2) is 0 Å². The Hall–Kier alpha value is -3.55. The van der Waals surface area contributed by atoms with Crippen LogP contribution in [0.2, 0.25) is 0 Å². The molecule has 8 nitrogen and oxygen atoms in total. The van der Waals surface area contributed by atoms with Gasteiger partial charge in [-0.3, -0.25) is 10.1 Å². The molecule has 3 rings (SSSR count). The Morgan fingerprint density at radius 1 is 1.04 bits per heavy atom. The molecule has 1 N–H and O–H groups in total. The van der Waals surface area contributed by atoms with Crippen molar-refractivity contribution in [2.24, 2.45) is 0 Å². The van der Waals surface area contributed by atoms with Gasteiger partial charge in [-0.1, -0.05) is 17.3 Å². The first kappa shape index (κ1) is 14.4. The Morgan fingerprint density at radius 2 is 1.65 bits per heavy atom. The Balaban J connectivity index is 1.87. The topological polar surface area (TPSA) is 119 Å². The average Bonchev–Trinajstić information content (AvgIpc) is 3.05. The quantitative estimate of drug-likeness (QED) is 0.580. The highest BCUT2D eigenvalue weighted by atomic mass is 16.6. The van der Waals surface area contributed by atoms with Crippen molar-refractivity contribution in [3.8, 4) is 22.8 Å². The van der Waals surface area contributed by atoms with Crippen LogP contribution in [0.4, 0.5) is 5.69 Å². The zero-order chi connectivity index (χ0) is 16.4. The van der Waals surface area contributed by atoms with Gasteiger partial charge in [-0.05, 0) is 24.3 Å². The fraction of sp³-hybridized carbons (Fsp3) is 0. The van der Waals surface area contributed by atoms with E-state index >= 15 is 0 Å². The molecular weight excluding hydrogens is 302 g/mol. The number of aromatic nitrogens is 2. The Kier molecular flexibility index (Phi) is 3.55. The molecular formula is C15H9N3O5. The summed E-state index contributed by atoms with van der Waals surface area (Å²) in [6, 6.07) is 11.8. The van der Waals surface area contributed by atoms with Crippen molar-refractivity contribution < 1.29 is 19.3 Å². The maximum absolute atomic E-state index is 10.8. The molecule has 23 heavy (non-hydrogen) atoms. The fourth-order valence-corrected chi connectivity index (χ4v) is 1.95. The third-order valence-electron chi connectivity index (χ3n) is 3.14. The SMILES string of the molecule is O=C(O)c1ccc(-c2noc(-c3ccc([N+](=O)[O-])cc3)n2)cc1. The van der Waals surface area contributed by atoms with Crippen LogP contribution in [0.25, 0.3) is 22.8 Å². The lowest BCUT2D eigenvalue weighted by atomic mass is 10.1. The van der Waals surface area contributed by atoms with Gasteiger partial charge in [0, 0.05) is 23.3 Å². The van der Waals surface area contributed by atoms with Crippen molar-refractivity contribution in [3.05, 3.63) is 64.2 Å². The number of nitrogens with zero attached hydrogens (tertiary/aromatic N) is 3. The molecule has 0 unspecified atom stereocenters. The molecule has 0 fully saturated rings. The third kappa shape index (κ3) is 2.91. The van der Waals surface area contributed by atoms with Gasteiger partial charge in [-0.15, -0.1) is 0 Å². The lowest BCUT2D eigenvalue weighted by molar-refractivity contribution is -0.384. The summed E-state index contributed by atoms with van der Waals surface area (Å²) in [4.78, 5) is 25.2. The van der Waals surface area contributed by atoms with E-state index in [4.69, 9.17) is 9.63 Å². The van der Waals surface area contributed by atoms with Crippen LogP contribution in [-0.2, 0) is 0 Å². The molecule has 0 atom stereocenters. The largest absolute Gasteiger partial charge is 0.478 e. The van der Waals surface area contributed by atoms with E-state index in [1.54, 1.807) is 12.1 Å². The van der Waals surface area contributed by atoms with Crippen LogP contribution in [0.5, 0.6) is 0 Å². The zero-order valence-corrected chi connectivity index (χ0v) is 11.5. The van der Waals surface area contributed by atoms with E-state index in [1.165, 1.54) is 36.4 Å². The Bertz CT molecular complexity index is 797. The molecule has 8 heteroatoms. The normalized spacial score (nSPS) is 10.4. The maximum atomic E-state index is 10.8. The summed E-state index contributed by atoms with van der Waals surface area (Å²) in [7, 11) is 0. The van der Waals surface area contributed by atoms with Gasteiger partial charge in [0.25, 0.3) is 11.6 Å². The molecule has 3 aromatic rings. The van der Waals surface area contributed by atoms with Crippen LogP contribution in [0.3, 0.4) is 0 Å². The number of aromatic carboxylic acids is 1. The highest BCUT2D eigenvalue weighted by molar-refractivity contribution is 5.88. The summed E-state index contributed by atoms with van der Waals surface area (Å²) in [5.74, 6) is -0.497. The molecule has 2 aromatic carbocycles. The minimum absolute atomic E-state index is 0.0299. The number of hydrogen-bond acceptors (Lipinski definition) is 6. The molecule has 0 saturated carbocycles. The number of hydrogen-bond donors (Lipinski definition) is 1. The van der Waals surface area contributed by atoms with Crippen LogP contribution in [-0.4, -0.2) is 26.1 Å². The van der Waals surface area contributed by atoms with Crippen LogP contribution >= 0.6 is 0 Å². The molecule has 114 valence electrons. The lowest BCUT2D eigenvalue weighted by Gasteiger charge is -1.96. The Morgan fingerprint density at radius 3 is 2.22 bits per heavy atom. The van der Waals surface area contributed by atoms with Crippen molar-refractivity contribution in [2.75, 3.05) is 0 Å². The van der Waals surface area contributed by atoms with Crippen LogP contribution in [0.1, 0.15) is 10.4 Å². The highest BCUT2D eigenvalue weighted by Crippen LogP contribution is 2.24. The smallest absolute Gasteiger partial charge is 0.335 e. The first-order valence-electron chi connectivity index (χ1n) is 6.47. The van der Waals surface area contributed by atoms with Gasteiger partial charge in [-0.25, -0.2) is 4.79 Å². The second-order valence-corrected chi connectivity index (χ2v) is 4.61. The second kappa shape index (κ2) is 5.68. The van der Waals surface area contributed by atoms with E-state index in [1.807, 2.05) is 0 Å². The standard InChI is InChI=1S/C15H9N3O5/c19-15(20)11-3-1-9(2-4-11)13-16-14(23-17-13)10-5-7-12(8-6-10)18(21)22/h1-8H,(H,19,20). The maximum Gasteiger partial charge on any atom is 0.335 e. The lowest BCUT2D eigenvalue weighted by Crippen LogP contribution is -1.95. The first-order valence-corrected chi connectivity index (χ1v) is 6.47. The van der Waals surface area contributed by atoms with E-state index in [9.17, 15) is 14.9 Å². The predicted molar refractivity (Wildman–Crippen MR) is 78.8 cm³/mol. The van der Waals surface area contributed by atoms with E-state index in [0.29, 0.717) is 17.0 Å². The first-order chi connectivity index (χ1) is 11.0. The van der Waals surface area contributed by atoms with Crippen LogP contribution in [0, 0.1) is 10.1 Å². The van der Waals surface area contributed by atoms with E-state index < -0.39 is 10.9 Å². The molecule has 0 aliphatic heterocycles. The minimum atomic E-state index is -1.02. The minimum Gasteiger partial charge on any atom is -0.478 e. The van der Waals surface area contributed by atoms with Gasteiger partial charge < -0.3 is 9.63 Å². The van der Waals surface area contributed by atoms with Crippen molar-refractivity contribution in [3.63, 3.8) is 0 Å². The summed E-state index contributed by atoms with van der Waals surface area (Å²) in [5.41, 5.74) is 1.29. The molecule has 0 aliphatic rings. The van der Waals surface area contributed by atoms with Gasteiger partial charge >= 0.3 is 5.97 Å². The van der Waals surface area contributed by atoms with Gasteiger partial charge in [0.1, 0.15) is 0 Å². The fourth-order valence-electron chi connectivity index (χ4n) is 1.95. The molecule has 0 saturated heterocycles. The number of nitro benzene ring substituents is 1. The molecule has 1 heterocycles. The highest BCUT2D eigenvalue weighted by Gasteiger charge is 2.13. The van der Waals surface area contributed by atoms with Crippen molar-refractivity contribution in [2.45, 2.75) is 0 Å². The number of carboxylic acid groups (broad SMARTS) is 1. The zero-order valence-electron chi connectivity index (χ0n) is 11.5. The predicted octanol–water partition coefficient (Wildman–Crippen LogP) is 3.01. The number of non-ortho nitro benzene ring substituents is 1. The van der Waals surface area contributed by atoms with E-state index in [-0.39, 0.29) is 17.1 Å². The monoisotopic (exact) mass is 311 g/mol. The second-order valence-electron chi connectivity index (χ2n) is 4.61. The number of rotatable bonds is 4. The van der Waals surface area contributed by atoms with Crippen LogP contribution < -0.4 is 0 Å². The number of benzene rings is 2. The summed E-state index contributed by atoms with van der Waals surface area (Å²) in [5, 5.41) is 23.3. The average molecular weight is 311 g/mol. The summed E-state index contributed by atoms with van der Waals surface area (Å²) >= 11 is 0. The summed E-state index contributed by atoms with van der Waals surface area (Å²) in [6.45, 7) is 0. The van der Waals surface area contributed by atoms with Gasteiger partial charge in [0.2, 0.25) is 5.82 Å². The van der Waals surface area contributed by atoms with Crippen LogP contribution in [0.15, 0.2) is 53.1 Å². The van der Waals surface area contributed by atoms with Crippen molar-refractivity contribution >= 4 is 11.7 Å². The van der Waals surface area contributed by atoms with Crippen molar-refractivity contribution in [1.29, 1.82) is 0 Å². The molecule has 0 spiro atoms. The molecule has 0 radical (unpaired) electrons. The van der Waals surface area contributed by atoms with E-state index in [2.05, 4.69) is 10.1 Å². The van der Waals surface area contributed by atoms with E-state index in [0.717, 1.165) is 0 Å². The molecule has 1 aromatic heterocycles. The molecule has 0 aliphatic carbocycles. The number of carbonyl (C=O) groups is 1. The van der Waals surface area contributed by atoms with Crippen molar-refractivity contribution in [1.82, 2.24) is 10.1 Å². The summed E-state index contributed by atoms with van der Waals surface area (Å²) in [6.07, 6.45) is 0.